The number of amides is 1. The number of hydrogen-bond donors (Lipinski definition) is 1. The maximum absolute atomic E-state index is 12.4. The lowest BCUT2D eigenvalue weighted by molar-refractivity contribution is 0.0299. The van der Waals surface area contributed by atoms with Crippen LogP contribution in [0.4, 0.5) is 11.6 Å². The second kappa shape index (κ2) is 6.72. The highest BCUT2D eigenvalue weighted by molar-refractivity contribution is 6.30. The number of carbonyl (C=O) groups is 1. The van der Waals surface area contributed by atoms with Gasteiger partial charge in [-0.15, -0.1) is 0 Å². The van der Waals surface area contributed by atoms with E-state index in [1.807, 2.05) is 12.1 Å². The molecule has 1 aromatic heterocycles. The number of anilines is 2. The van der Waals surface area contributed by atoms with Gasteiger partial charge in [0.15, 0.2) is 0 Å². The molecule has 3 rings (SSSR count). The van der Waals surface area contributed by atoms with Gasteiger partial charge in [-0.25, -0.2) is 9.97 Å². The number of benzene rings is 1. The summed E-state index contributed by atoms with van der Waals surface area (Å²) in [6.45, 7) is 2.30. The molecule has 0 spiro atoms. The lowest BCUT2D eigenvalue weighted by atomic mass is 10.3. The minimum Gasteiger partial charge on any atom is -0.378 e. The lowest BCUT2D eigenvalue weighted by Gasteiger charge is -2.26. The Kier molecular flexibility index (Phi) is 4.50. The predicted molar refractivity (Wildman–Crippen MR) is 83.5 cm³/mol. The molecular formula is C15H15ClN4O2. The maximum Gasteiger partial charge on any atom is 0.272 e. The van der Waals surface area contributed by atoms with Gasteiger partial charge in [-0.3, -0.25) is 4.79 Å². The molecule has 0 radical (unpaired) electrons. The number of halogens is 1. The van der Waals surface area contributed by atoms with Crippen molar-refractivity contribution in [1.82, 2.24) is 14.9 Å². The van der Waals surface area contributed by atoms with Gasteiger partial charge < -0.3 is 15.0 Å². The molecule has 114 valence electrons. The topological polar surface area (TPSA) is 67.4 Å². The Morgan fingerprint density at radius 1 is 1.18 bits per heavy atom. The van der Waals surface area contributed by atoms with Crippen LogP contribution in [0.3, 0.4) is 0 Å². The van der Waals surface area contributed by atoms with Crippen LogP contribution in [0.1, 0.15) is 10.5 Å². The van der Waals surface area contributed by atoms with Gasteiger partial charge in [-0.1, -0.05) is 11.6 Å². The maximum atomic E-state index is 12.4. The van der Waals surface area contributed by atoms with Crippen molar-refractivity contribution in [1.29, 1.82) is 0 Å². The van der Waals surface area contributed by atoms with Gasteiger partial charge in [-0.2, -0.15) is 0 Å². The van der Waals surface area contributed by atoms with Gasteiger partial charge in [0.25, 0.3) is 5.91 Å². The number of nitrogens with zero attached hydrogens (tertiary/aromatic N) is 3. The second-order valence-corrected chi connectivity index (χ2v) is 5.24. The van der Waals surface area contributed by atoms with E-state index in [9.17, 15) is 4.79 Å². The SMILES string of the molecule is O=C(c1ccnc(Nc2ccc(Cl)cc2)n1)N1CCOCC1. The van der Waals surface area contributed by atoms with Crippen molar-refractivity contribution in [2.75, 3.05) is 31.6 Å². The molecule has 0 unspecified atom stereocenters. The fourth-order valence-corrected chi connectivity index (χ4v) is 2.25. The van der Waals surface area contributed by atoms with Crippen LogP contribution >= 0.6 is 11.6 Å². The van der Waals surface area contributed by atoms with Crippen molar-refractivity contribution in [3.8, 4) is 0 Å². The highest BCUT2D eigenvalue weighted by Crippen LogP contribution is 2.17. The van der Waals surface area contributed by atoms with Crippen LogP contribution in [-0.2, 0) is 4.74 Å². The first-order valence-electron chi connectivity index (χ1n) is 6.95. The average molecular weight is 319 g/mol. The number of morpholine rings is 1. The van der Waals surface area contributed by atoms with Gasteiger partial charge in [-0.05, 0) is 30.3 Å². The van der Waals surface area contributed by atoms with Crippen LogP contribution in [0.15, 0.2) is 36.5 Å². The summed E-state index contributed by atoms with van der Waals surface area (Å²) < 4.78 is 5.25. The summed E-state index contributed by atoms with van der Waals surface area (Å²) in [5.41, 5.74) is 1.17. The lowest BCUT2D eigenvalue weighted by Crippen LogP contribution is -2.41. The summed E-state index contributed by atoms with van der Waals surface area (Å²) in [5.74, 6) is 0.270. The molecule has 22 heavy (non-hydrogen) atoms. The largest absolute Gasteiger partial charge is 0.378 e. The Morgan fingerprint density at radius 2 is 1.91 bits per heavy atom. The number of ether oxygens (including phenoxy) is 1. The molecule has 6 nitrogen and oxygen atoms in total. The van der Waals surface area contributed by atoms with E-state index in [1.54, 1.807) is 29.3 Å². The molecule has 1 aliphatic rings. The summed E-state index contributed by atoms with van der Waals surface area (Å²) in [6.07, 6.45) is 1.57. The Morgan fingerprint density at radius 3 is 2.64 bits per heavy atom. The standard InChI is InChI=1S/C15H15ClN4O2/c16-11-1-3-12(4-2-11)18-15-17-6-5-13(19-15)14(21)20-7-9-22-10-8-20/h1-6H,7-10H2,(H,17,18,19). The minimum atomic E-state index is -0.107. The fraction of sp³-hybridized carbons (Fsp3) is 0.267. The van der Waals surface area contributed by atoms with Crippen LogP contribution in [0.25, 0.3) is 0 Å². The third kappa shape index (κ3) is 3.52. The van der Waals surface area contributed by atoms with E-state index in [0.717, 1.165) is 5.69 Å². The smallest absolute Gasteiger partial charge is 0.272 e. The fourth-order valence-electron chi connectivity index (χ4n) is 2.13. The van der Waals surface area contributed by atoms with Crippen LogP contribution < -0.4 is 5.32 Å². The number of nitrogens with one attached hydrogen (secondary N) is 1. The molecule has 2 heterocycles. The van der Waals surface area contributed by atoms with Crippen molar-refractivity contribution >= 4 is 29.1 Å². The summed E-state index contributed by atoms with van der Waals surface area (Å²) >= 11 is 5.85. The van der Waals surface area contributed by atoms with Gasteiger partial charge in [0.2, 0.25) is 5.95 Å². The Balaban J connectivity index is 1.74. The third-order valence-corrected chi connectivity index (χ3v) is 3.53. The molecule has 1 N–H and O–H groups in total. The van der Waals surface area contributed by atoms with Crippen molar-refractivity contribution in [2.24, 2.45) is 0 Å². The Labute approximate surface area is 133 Å². The number of aromatic nitrogens is 2. The van der Waals surface area contributed by atoms with Gasteiger partial charge >= 0.3 is 0 Å². The zero-order valence-electron chi connectivity index (χ0n) is 11.8. The first-order chi connectivity index (χ1) is 10.7. The van der Waals surface area contributed by atoms with Gasteiger partial charge in [0.1, 0.15) is 5.69 Å². The Bertz CT molecular complexity index is 657. The summed E-state index contributed by atoms with van der Waals surface area (Å²) in [7, 11) is 0. The second-order valence-electron chi connectivity index (χ2n) is 4.80. The van der Waals surface area contributed by atoms with E-state index in [4.69, 9.17) is 16.3 Å². The van der Waals surface area contributed by atoms with Crippen LogP contribution in [0, 0.1) is 0 Å². The highest BCUT2D eigenvalue weighted by Gasteiger charge is 2.20. The average Bonchev–Trinajstić information content (AvgIpc) is 2.57. The van der Waals surface area contributed by atoms with Crippen molar-refractivity contribution < 1.29 is 9.53 Å². The quantitative estimate of drug-likeness (QED) is 0.941. The van der Waals surface area contributed by atoms with E-state index in [-0.39, 0.29) is 5.91 Å². The molecule has 1 fully saturated rings. The normalized spacial score (nSPS) is 14.7. The first kappa shape index (κ1) is 14.7. The van der Waals surface area contributed by atoms with Crippen LogP contribution in [-0.4, -0.2) is 47.1 Å². The zero-order chi connectivity index (χ0) is 15.4. The molecule has 2 aromatic rings. The molecule has 1 amide bonds. The Hall–Kier alpha value is -2.18. The molecule has 1 saturated heterocycles. The van der Waals surface area contributed by atoms with Crippen LogP contribution in [0.5, 0.6) is 0 Å². The molecule has 0 bridgehead atoms. The summed E-state index contributed by atoms with van der Waals surface area (Å²) in [6, 6.07) is 8.80. The van der Waals surface area contributed by atoms with E-state index in [1.165, 1.54) is 0 Å². The molecule has 0 aliphatic carbocycles. The number of rotatable bonds is 3. The molecule has 0 saturated carbocycles. The number of hydrogen-bond acceptors (Lipinski definition) is 5. The van der Waals surface area contributed by atoms with E-state index in [0.29, 0.717) is 43.0 Å². The predicted octanol–water partition coefficient (Wildman–Crippen LogP) is 2.35. The molecule has 0 atom stereocenters. The van der Waals surface area contributed by atoms with Crippen molar-refractivity contribution in [3.63, 3.8) is 0 Å². The van der Waals surface area contributed by atoms with E-state index >= 15 is 0 Å². The van der Waals surface area contributed by atoms with E-state index in [2.05, 4.69) is 15.3 Å². The zero-order valence-corrected chi connectivity index (χ0v) is 12.6. The number of carbonyl (C=O) groups excluding carboxylic acids is 1. The highest BCUT2D eigenvalue weighted by atomic mass is 35.5. The van der Waals surface area contributed by atoms with Gasteiger partial charge in [0, 0.05) is 30.0 Å². The third-order valence-electron chi connectivity index (χ3n) is 3.27. The summed E-state index contributed by atoms with van der Waals surface area (Å²) in [4.78, 5) is 22.5. The van der Waals surface area contributed by atoms with Gasteiger partial charge in [0.05, 0.1) is 13.2 Å². The first-order valence-corrected chi connectivity index (χ1v) is 7.33. The van der Waals surface area contributed by atoms with Crippen molar-refractivity contribution in [2.45, 2.75) is 0 Å². The minimum absolute atomic E-state index is 0.107. The monoisotopic (exact) mass is 318 g/mol. The van der Waals surface area contributed by atoms with Crippen molar-refractivity contribution in [3.05, 3.63) is 47.2 Å². The van der Waals surface area contributed by atoms with Crippen LogP contribution in [0.2, 0.25) is 5.02 Å². The molecule has 1 aliphatic heterocycles. The molecule has 7 heteroatoms. The van der Waals surface area contributed by atoms with E-state index < -0.39 is 0 Å². The molecular weight excluding hydrogens is 304 g/mol. The summed E-state index contributed by atoms with van der Waals surface area (Å²) in [5, 5.41) is 3.71. The molecule has 1 aromatic carbocycles.